The Labute approximate surface area is 87.1 Å². The van der Waals surface area contributed by atoms with E-state index in [1.165, 1.54) is 38.5 Å². The molecule has 0 heterocycles. The van der Waals surface area contributed by atoms with E-state index in [1.54, 1.807) is 0 Å². The van der Waals surface area contributed by atoms with Crippen molar-refractivity contribution in [3.63, 3.8) is 0 Å². The molecule has 0 radical (unpaired) electrons. The fourth-order valence-electron chi connectivity index (χ4n) is 2.82. The van der Waals surface area contributed by atoms with Crippen molar-refractivity contribution in [2.75, 3.05) is 0 Å². The topological polar surface area (TPSA) is 32.3 Å². The fourth-order valence-corrected chi connectivity index (χ4v) is 2.82. The Hall–Kier alpha value is -0.0800. The molecule has 82 valence electrons. The molecule has 2 unspecified atom stereocenters. The number of rotatable bonds is 2. The molecule has 0 bridgehead atoms. The van der Waals surface area contributed by atoms with E-state index in [-0.39, 0.29) is 6.10 Å². The number of aliphatic hydroxyl groups is 1. The smallest absolute Gasteiger partial charge is 0.0693 e. The summed E-state index contributed by atoms with van der Waals surface area (Å²) in [5, 5.41) is 13.5. The lowest BCUT2D eigenvalue weighted by atomic mass is 9.81. The summed E-state index contributed by atoms with van der Waals surface area (Å²) in [5.74, 6) is 0.899. The SMILES string of the molecule is CC1CC(NC2CCCCCC2O)C1. The van der Waals surface area contributed by atoms with Gasteiger partial charge < -0.3 is 10.4 Å². The van der Waals surface area contributed by atoms with Crippen LogP contribution < -0.4 is 5.32 Å². The van der Waals surface area contributed by atoms with Crippen molar-refractivity contribution in [2.45, 2.75) is 70.1 Å². The van der Waals surface area contributed by atoms with E-state index >= 15 is 0 Å². The second-order valence-corrected chi connectivity index (χ2v) is 5.25. The predicted octanol–water partition coefficient (Wildman–Crippen LogP) is 2.07. The molecule has 2 atom stereocenters. The second kappa shape index (κ2) is 4.63. The summed E-state index contributed by atoms with van der Waals surface area (Å²) >= 11 is 0. The van der Waals surface area contributed by atoms with Gasteiger partial charge in [-0.05, 0) is 31.6 Å². The molecule has 2 N–H and O–H groups in total. The number of aliphatic hydroxyl groups excluding tert-OH is 1. The van der Waals surface area contributed by atoms with Gasteiger partial charge in [0.15, 0.2) is 0 Å². The molecule has 0 aliphatic heterocycles. The quantitative estimate of drug-likeness (QED) is 0.664. The summed E-state index contributed by atoms with van der Waals surface area (Å²) in [4.78, 5) is 0. The average Bonchev–Trinajstić information content (AvgIpc) is 2.29. The lowest BCUT2D eigenvalue weighted by Gasteiger charge is -2.37. The standard InChI is InChI=1S/C12H23NO/c1-9-7-10(8-9)13-11-5-3-2-4-6-12(11)14/h9-14H,2-8H2,1H3. The van der Waals surface area contributed by atoms with E-state index in [0.717, 1.165) is 12.3 Å². The zero-order chi connectivity index (χ0) is 9.97. The predicted molar refractivity (Wildman–Crippen MR) is 58.2 cm³/mol. The second-order valence-electron chi connectivity index (χ2n) is 5.25. The molecular formula is C12H23NO. The van der Waals surface area contributed by atoms with Gasteiger partial charge in [0.25, 0.3) is 0 Å². The molecule has 0 aromatic carbocycles. The van der Waals surface area contributed by atoms with Gasteiger partial charge in [0.1, 0.15) is 0 Å². The summed E-state index contributed by atoms with van der Waals surface area (Å²) in [6.45, 7) is 2.31. The van der Waals surface area contributed by atoms with Crippen LogP contribution in [0.15, 0.2) is 0 Å². The van der Waals surface area contributed by atoms with Crippen molar-refractivity contribution in [1.82, 2.24) is 5.32 Å². The van der Waals surface area contributed by atoms with Crippen molar-refractivity contribution >= 4 is 0 Å². The van der Waals surface area contributed by atoms with Crippen LogP contribution in [0.3, 0.4) is 0 Å². The van der Waals surface area contributed by atoms with Crippen molar-refractivity contribution < 1.29 is 5.11 Å². The van der Waals surface area contributed by atoms with Crippen molar-refractivity contribution in [3.05, 3.63) is 0 Å². The lowest BCUT2D eigenvalue weighted by Crippen LogP contribution is -2.49. The highest BCUT2D eigenvalue weighted by atomic mass is 16.3. The Morgan fingerprint density at radius 2 is 1.79 bits per heavy atom. The first-order valence-electron chi connectivity index (χ1n) is 6.20. The minimum absolute atomic E-state index is 0.0894. The molecule has 2 aliphatic carbocycles. The Kier molecular flexibility index (Phi) is 3.45. The van der Waals surface area contributed by atoms with Crippen LogP contribution in [0.5, 0.6) is 0 Å². The third-order valence-electron chi connectivity index (χ3n) is 3.80. The largest absolute Gasteiger partial charge is 0.392 e. The van der Waals surface area contributed by atoms with E-state index in [4.69, 9.17) is 0 Å². The van der Waals surface area contributed by atoms with Crippen LogP contribution in [0, 0.1) is 5.92 Å². The van der Waals surface area contributed by atoms with Crippen LogP contribution >= 0.6 is 0 Å². The first kappa shape index (κ1) is 10.4. The Balaban J connectivity index is 1.77. The molecular weight excluding hydrogens is 174 g/mol. The van der Waals surface area contributed by atoms with Crippen LogP contribution in [0.25, 0.3) is 0 Å². The van der Waals surface area contributed by atoms with Gasteiger partial charge in [-0.25, -0.2) is 0 Å². The Morgan fingerprint density at radius 1 is 1.07 bits per heavy atom. The molecule has 0 saturated heterocycles. The highest BCUT2D eigenvalue weighted by molar-refractivity contribution is 4.88. The first-order chi connectivity index (χ1) is 6.75. The van der Waals surface area contributed by atoms with Gasteiger partial charge in [-0.1, -0.05) is 26.2 Å². The lowest BCUT2D eigenvalue weighted by molar-refractivity contribution is 0.0963. The molecule has 0 aromatic rings. The summed E-state index contributed by atoms with van der Waals surface area (Å²) in [6.07, 6.45) is 8.50. The van der Waals surface area contributed by atoms with Crippen LogP contribution in [-0.2, 0) is 0 Å². The van der Waals surface area contributed by atoms with Crippen LogP contribution in [0.2, 0.25) is 0 Å². The van der Waals surface area contributed by atoms with Gasteiger partial charge in [0, 0.05) is 12.1 Å². The number of hydrogen-bond acceptors (Lipinski definition) is 2. The van der Waals surface area contributed by atoms with Gasteiger partial charge in [0.05, 0.1) is 6.10 Å². The molecule has 2 nitrogen and oxygen atoms in total. The molecule has 2 aliphatic rings. The van der Waals surface area contributed by atoms with Gasteiger partial charge in [-0.15, -0.1) is 0 Å². The molecule has 2 rings (SSSR count). The minimum Gasteiger partial charge on any atom is -0.392 e. The monoisotopic (exact) mass is 197 g/mol. The zero-order valence-corrected chi connectivity index (χ0v) is 9.21. The summed E-state index contributed by atoms with van der Waals surface area (Å²) in [6, 6.07) is 1.08. The molecule has 2 fully saturated rings. The zero-order valence-electron chi connectivity index (χ0n) is 9.21. The van der Waals surface area contributed by atoms with Gasteiger partial charge in [-0.2, -0.15) is 0 Å². The van der Waals surface area contributed by atoms with E-state index in [2.05, 4.69) is 12.2 Å². The van der Waals surface area contributed by atoms with Crippen molar-refractivity contribution in [1.29, 1.82) is 0 Å². The fraction of sp³-hybridized carbons (Fsp3) is 1.00. The van der Waals surface area contributed by atoms with Crippen LogP contribution in [0.1, 0.15) is 51.9 Å². The molecule has 2 saturated carbocycles. The summed E-state index contributed by atoms with van der Waals surface area (Å²) < 4.78 is 0. The highest BCUT2D eigenvalue weighted by Gasteiger charge is 2.30. The van der Waals surface area contributed by atoms with Crippen LogP contribution in [0.4, 0.5) is 0 Å². The molecule has 2 heteroatoms. The maximum absolute atomic E-state index is 9.92. The average molecular weight is 197 g/mol. The molecule has 0 aromatic heterocycles. The molecule has 0 amide bonds. The highest BCUT2D eigenvalue weighted by Crippen LogP contribution is 2.28. The Bertz CT molecular complexity index is 177. The maximum atomic E-state index is 9.92. The minimum atomic E-state index is -0.0894. The van der Waals surface area contributed by atoms with Crippen molar-refractivity contribution in [2.24, 2.45) is 5.92 Å². The number of nitrogens with one attached hydrogen (secondary N) is 1. The number of hydrogen-bond donors (Lipinski definition) is 2. The van der Waals surface area contributed by atoms with Gasteiger partial charge in [0.2, 0.25) is 0 Å². The molecule has 14 heavy (non-hydrogen) atoms. The maximum Gasteiger partial charge on any atom is 0.0693 e. The van der Waals surface area contributed by atoms with Crippen LogP contribution in [-0.4, -0.2) is 23.3 Å². The van der Waals surface area contributed by atoms with E-state index in [9.17, 15) is 5.11 Å². The summed E-state index contributed by atoms with van der Waals surface area (Å²) in [7, 11) is 0. The molecule has 0 spiro atoms. The van der Waals surface area contributed by atoms with Gasteiger partial charge >= 0.3 is 0 Å². The third-order valence-corrected chi connectivity index (χ3v) is 3.80. The third kappa shape index (κ3) is 2.48. The van der Waals surface area contributed by atoms with Gasteiger partial charge in [-0.3, -0.25) is 0 Å². The van der Waals surface area contributed by atoms with E-state index in [1.807, 2.05) is 0 Å². The summed E-state index contributed by atoms with van der Waals surface area (Å²) in [5.41, 5.74) is 0. The first-order valence-corrected chi connectivity index (χ1v) is 6.20. The van der Waals surface area contributed by atoms with E-state index < -0.39 is 0 Å². The normalized spacial score (nSPS) is 44.1. The van der Waals surface area contributed by atoms with E-state index in [0.29, 0.717) is 12.1 Å². The Morgan fingerprint density at radius 3 is 2.50 bits per heavy atom. The van der Waals surface area contributed by atoms with Crippen molar-refractivity contribution in [3.8, 4) is 0 Å².